The molecule has 0 fully saturated rings. The van der Waals surface area contributed by atoms with Gasteiger partial charge in [-0.15, -0.1) is 0 Å². The van der Waals surface area contributed by atoms with E-state index < -0.39 is 0 Å². The number of anilines is 1. The molecule has 0 atom stereocenters. The van der Waals surface area contributed by atoms with Gasteiger partial charge >= 0.3 is 0 Å². The lowest BCUT2D eigenvalue weighted by atomic mass is 10.1. The Bertz CT molecular complexity index is 561. The maximum atomic E-state index is 2.25. The van der Waals surface area contributed by atoms with E-state index in [1.54, 1.807) is 0 Å². The third-order valence-electron chi connectivity index (χ3n) is 3.75. The molecular formula is C20H30N2. The van der Waals surface area contributed by atoms with Gasteiger partial charge in [0.05, 0.1) is 0 Å². The summed E-state index contributed by atoms with van der Waals surface area (Å²) in [6, 6.07) is 16.9. The van der Waals surface area contributed by atoms with Crippen molar-refractivity contribution in [1.82, 2.24) is 4.90 Å². The Balaban J connectivity index is 0.000000220. The fourth-order valence-electron chi connectivity index (χ4n) is 2.29. The largest absolute Gasteiger partial charge is 0.375 e. The first-order valence-corrected chi connectivity index (χ1v) is 7.91. The predicted octanol–water partition coefficient (Wildman–Crippen LogP) is 4.51. The number of rotatable bonds is 4. The lowest BCUT2D eigenvalue weighted by molar-refractivity contribution is 0.401. The van der Waals surface area contributed by atoms with Crippen LogP contribution in [-0.2, 0) is 6.54 Å². The minimum atomic E-state index is 1.03. The van der Waals surface area contributed by atoms with Crippen LogP contribution in [0.25, 0.3) is 0 Å². The first kappa shape index (κ1) is 18.2. The normalized spacial score (nSPS) is 10.1. The van der Waals surface area contributed by atoms with E-state index in [1.807, 2.05) is 0 Å². The summed E-state index contributed by atoms with van der Waals surface area (Å²) >= 11 is 0. The summed E-state index contributed by atoms with van der Waals surface area (Å²) in [5.41, 5.74) is 5.46. The first-order valence-electron chi connectivity index (χ1n) is 7.91. The molecule has 0 aliphatic rings. The minimum absolute atomic E-state index is 1.03. The molecule has 0 unspecified atom stereocenters. The van der Waals surface area contributed by atoms with Crippen LogP contribution in [0.4, 0.5) is 5.69 Å². The molecule has 0 aliphatic heterocycles. The summed E-state index contributed by atoms with van der Waals surface area (Å²) < 4.78 is 0. The molecule has 2 aromatic carbocycles. The summed E-state index contributed by atoms with van der Waals surface area (Å²) in [5, 5.41) is 0. The average Bonchev–Trinajstić information content (AvgIpc) is 2.49. The lowest BCUT2D eigenvalue weighted by Crippen LogP contribution is -2.16. The van der Waals surface area contributed by atoms with Gasteiger partial charge in [-0.1, -0.05) is 42.5 Å². The van der Waals surface area contributed by atoms with Gasteiger partial charge in [0, 0.05) is 25.8 Å². The molecule has 0 N–H and O–H groups in total. The van der Waals surface area contributed by atoms with Crippen LogP contribution < -0.4 is 4.90 Å². The van der Waals surface area contributed by atoms with Gasteiger partial charge in [0.1, 0.15) is 0 Å². The number of para-hydroxylation sites is 1. The number of nitrogens with zero attached hydrogens (tertiary/aromatic N) is 2. The van der Waals surface area contributed by atoms with Crippen molar-refractivity contribution in [3.63, 3.8) is 0 Å². The summed E-state index contributed by atoms with van der Waals surface area (Å²) in [6.45, 7) is 8.55. The zero-order chi connectivity index (χ0) is 16.5. The quantitative estimate of drug-likeness (QED) is 0.819. The molecule has 0 radical (unpaired) electrons. The Morgan fingerprint density at radius 3 is 1.82 bits per heavy atom. The van der Waals surface area contributed by atoms with E-state index in [4.69, 9.17) is 0 Å². The zero-order valence-corrected chi connectivity index (χ0v) is 14.9. The van der Waals surface area contributed by atoms with Crippen molar-refractivity contribution in [3.05, 3.63) is 65.2 Å². The standard InChI is InChI=1S/2C10H15N/c1-9-6-4-5-7-10(9)8-11(2)3;1-4-11(3)10-8-6-5-7-9(10)2/h4-7H,8H2,1-3H3;5-8H,4H2,1-3H3. The highest BCUT2D eigenvalue weighted by Crippen LogP contribution is 2.16. The van der Waals surface area contributed by atoms with Gasteiger partial charge in [-0.25, -0.2) is 0 Å². The Morgan fingerprint density at radius 2 is 1.32 bits per heavy atom. The van der Waals surface area contributed by atoms with E-state index in [9.17, 15) is 0 Å². The second kappa shape index (κ2) is 9.26. The molecule has 0 spiro atoms. The molecule has 120 valence electrons. The van der Waals surface area contributed by atoms with Crippen LogP contribution in [0, 0.1) is 13.8 Å². The van der Waals surface area contributed by atoms with E-state index in [0.29, 0.717) is 0 Å². The molecule has 2 rings (SSSR count). The molecule has 2 aromatic rings. The van der Waals surface area contributed by atoms with E-state index >= 15 is 0 Å². The van der Waals surface area contributed by atoms with E-state index in [1.165, 1.54) is 22.4 Å². The van der Waals surface area contributed by atoms with Crippen LogP contribution in [0.2, 0.25) is 0 Å². The highest BCUT2D eigenvalue weighted by molar-refractivity contribution is 5.51. The second-order valence-corrected chi connectivity index (χ2v) is 5.96. The van der Waals surface area contributed by atoms with Gasteiger partial charge in [-0.05, 0) is 57.6 Å². The van der Waals surface area contributed by atoms with E-state index in [2.05, 4.69) is 100 Å². The maximum Gasteiger partial charge on any atom is 0.0393 e. The van der Waals surface area contributed by atoms with Crippen molar-refractivity contribution in [3.8, 4) is 0 Å². The molecule has 0 aromatic heterocycles. The van der Waals surface area contributed by atoms with Gasteiger partial charge in [0.25, 0.3) is 0 Å². The molecule has 0 saturated heterocycles. The molecule has 2 heteroatoms. The molecule has 0 aliphatic carbocycles. The summed E-state index contributed by atoms with van der Waals surface area (Å²) in [6.07, 6.45) is 0. The third-order valence-corrected chi connectivity index (χ3v) is 3.75. The number of hydrogen-bond donors (Lipinski definition) is 0. The third kappa shape index (κ3) is 5.90. The van der Waals surface area contributed by atoms with Crippen LogP contribution in [0.15, 0.2) is 48.5 Å². The van der Waals surface area contributed by atoms with Crippen molar-refractivity contribution < 1.29 is 0 Å². The maximum absolute atomic E-state index is 2.25. The average molecular weight is 298 g/mol. The molecule has 2 nitrogen and oxygen atoms in total. The fraction of sp³-hybridized carbons (Fsp3) is 0.400. The lowest BCUT2D eigenvalue weighted by Gasteiger charge is -2.18. The van der Waals surface area contributed by atoms with E-state index in [0.717, 1.165) is 13.1 Å². The van der Waals surface area contributed by atoms with Gasteiger partial charge in [0.15, 0.2) is 0 Å². The fourth-order valence-corrected chi connectivity index (χ4v) is 2.29. The Hall–Kier alpha value is -1.80. The van der Waals surface area contributed by atoms with Crippen molar-refractivity contribution >= 4 is 5.69 Å². The smallest absolute Gasteiger partial charge is 0.0393 e. The van der Waals surface area contributed by atoms with Gasteiger partial charge in [-0.3, -0.25) is 0 Å². The Morgan fingerprint density at radius 1 is 0.773 bits per heavy atom. The molecule has 0 amide bonds. The number of benzene rings is 2. The van der Waals surface area contributed by atoms with Crippen LogP contribution >= 0.6 is 0 Å². The zero-order valence-electron chi connectivity index (χ0n) is 14.9. The van der Waals surface area contributed by atoms with Crippen molar-refractivity contribution in [2.45, 2.75) is 27.3 Å². The van der Waals surface area contributed by atoms with Crippen molar-refractivity contribution in [2.75, 3.05) is 32.6 Å². The van der Waals surface area contributed by atoms with Crippen LogP contribution in [0.5, 0.6) is 0 Å². The molecule has 22 heavy (non-hydrogen) atoms. The summed E-state index contributed by atoms with van der Waals surface area (Å²) in [4.78, 5) is 4.43. The summed E-state index contributed by atoms with van der Waals surface area (Å²) in [5.74, 6) is 0. The predicted molar refractivity (Wildman–Crippen MR) is 98.7 cm³/mol. The topological polar surface area (TPSA) is 6.48 Å². The summed E-state index contributed by atoms with van der Waals surface area (Å²) in [7, 11) is 6.29. The van der Waals surface area contributed by atoms with Crippen LogP contribution in [-0.4, -0.2) is 32.6 Å². The minimum Gasteiger partial charge on any atom is -0.375 e. The number of aryl methyl sites for hydroxylation is 2. The highest BCUT2D eigenvalue weighted by atomic mass is 15.1. The van der Waals surface area contributed by atoms with Crippen molar-refractivity contribution in [1.29, 1.82) is 0 Å². The number of hydrogen-bond acceptors (Lipinski definition) is 2. The SMILES string of the molecule is CCN(C)c1ccccc1C.Cc1ccccc1CN(C)C. The molecule has 0 bridgehead atoms. The molecular weight excluding hydrogens is 268 g/mol. The van der Waals surface area contributed by atoms with E-state index in [-0.39, 0.29) is 0 Å². The monoisotopic (exact) mass is 298 g/mol. The van der Waals surface area contributed by atoms with Gasteiger partial charge in [-0.2, -0.15) is 0 Å². The van der Waals surface area contributed by atoms with Crippen LogP contribution in [0.3, 0.4) is 0 Å². The van der Waals surface area contributed by atoms with Crippen molar-refractivity contribution in [2.24, 2.45) is 0 Å². The first-order chi connectivity index (χ1) is 10.5. The van der Waals surface area contributed by atoms with Gasteiger partial charge in [0.2, 0.25) is 0 Å². The van der Waals surface area contributed by atoms with Gasteiger partial charge < -0.3 is 9.80 Å². The molecule has 0 saturated carbocycles. The van der Waals surface area contributed by atoms with Crippen LogP contribution in [0.1, 0.15) is 23.6 Å². The molecule has 0 heterocycles. The Kier molecular flexibility index (Phi) is 7.69. The highest BCUT2D eigenvalue weighted by Gasteiger charge is 1.99. The second-order valence-electron chi connectivity index (χ2n) is 5.96. The Labute approximate surface area is 136 Å².